The number of rotatable bonds is 8. The van der Waals surface area contributed by atoms with Gasteiger partial charge in [0.25, 0.3) is 0 Å². The van der Waals surface area contributed by atoms with Crippen molar-refractivity contribution in [2.24, 2.45) is 0 Å². The van der Waals surface area contributed by atoms with Crippen molar-refractivity contribution in [1.82, 2.24) is 0 Å². The van der Waals surface area contributed by atoms with Gasteiger partial charge in [-0.3, -0.25) is 4.79 Å². The van der Waals surface area contributed by atoms with E-state index >= 15 is 0 Å². The molecule has 140 valence electrons. The van der Waals surface area contributed by atoms with Crippen LogP contribution >= 0.6 is 0 Å². The smallest absolute Gasteiger partial charge is 0.147 e. The van der Waals surface area contributed by atoms with Crippen LogP contribution in [0.2, 0.25) is 0 Å². The first-order valence-electron chi connectivity index (χ1n) is 10.2. The molecule has 0 saturated heterocycles. The maximum Gasteiger partial charge on any atom is 0.147 e. The number of carbonyl (C=O) groups excluding carboxylic acids is 1. The highest BCUT2D eigenvalue weighted by atomic mass is 16.1. The van der Waals surface area contributed by atoms with E-state index in [2.05, 4.69) is 77.9 Å². The average molecular weight is 351 g/mol. The molecule has 0 aliphatic rings. The molecule has 2 rings (SSSR count). The van der Waals surface area contributed by atoms with Crippen LogP contribution in [0, 0.1) is 0 Å². The van der Waals surface area contributed by atoms with E-state index in [-0.39, 0.29) is 11.8 Å². The summed E-state index contributed by atoms with van der Waals surface area (Å²) < 4.78 is 0. The topological polar surface area (TPSA) is 17.1 Å². The number of hydrogen-bond acceptors (Lipinski definition) is 1. The fraction of sp³-hybridized carbons (Fsp3) is 0.480. The van der Waals surface area contributed by atoms with E-state index in [4.69, 9.17) is 0 Å². The van der Waals surface area contributed by atoms with Crippen LogP contribution in [0.15, 0.2) is 36.4 Å². The lowest BCUT2D eigenvalue weighted by Gasteiger charge is -2.20. The van der Waals surface area contributed by atoms with Gasteiger partial charge >= 0.3 is 0 Å². The van der Waals surface area contributed by atoms with Gasteiger partial charge < -0.3 is 0 Å². The molecule has 0 saturated carbocycles. The van der Waals surface area contributed by atoms with Gasteiger partial charge in [0.2, 0.25) is 0 Å². The van der Waals surface area contributed by atoms with Crippen LogP contribution in [0.1, 0.15) is 86.8 Å². The van der Waals surface area contributed by atoms with E-state index < -0.39 is 0 Å². The molecule has 0 heterocycles. The van der Waals surface area contributed by atoms with Gasteiger partial charge in [0.05, 0.1) is 0 Å². The number of hydrogen-bond donors (Lipinski definition) is 0. The summed E-state index contributed by atoms with van der Waals surface area (Å²) in [7, 11) is 0. The van der Waals surface area contributed by atoms with Crippen molar-refractivity contribution in [3.63, 3.8) is 0 Å². The van der Waals surface area contributed by atoms with Gasteiger partial charge in [-0.25, -0.2) is 0 Å². The summed E-state index contributed by atoms with van der Waals surface area (Å²) in [6.07, 6.45) is 4.13. The van der Waals surface area contributed by atoms with Crippen LogP contribution in [0.3, 0.4) is 0 Å². The lowest BCUT2D eigenvalue weighted by Crippen LogP contribution is -2.17. The molecule has 0 aromatic heterocycles. The van der Waals surface area contributed by atoms with Gasteiger partial charge in [-0.15, -0.1) is 0 Å². The average Bonchev–Trinajstić information content (AvgIpc) is 2.70. The van der Waals surface area contributed by atoms with Gasteiger partial charge in [-0.1, -0.05) is 77.9 Å². The van der Waals surface area contributed by atoms with Crippen molar-refractivity contribution in [2.75, 3.05) is 0 Å². The van der Waals surface area contributed by atoms with E-state index in [9.17, 15) is 4.79 Å². The fourth-order valence-corrected chi connectivity index (χ4v) is 3.88. The van der Waals surface area contributed by atoms with Crippen molar-refractivity contribution in [1.29, 1.82) is 0 Å². The molecule has 0 spiro atoms. The summed E-state index contributed by atoms with van der Waals surface area (Å²) in [6, 6.07) is 13.2. The Balaban J connectivity index is 2.27. The largest absolute Gasteiger partial charge is 0.298 e. The molecule has 0 aliphatic carbocycles. The zero-order valence-electron chi connectivity index (χ0n) is 17.4. The molecule has 0 fully saturated rings. The third-order valence-electron chi connectivity index (χ3n) is 5.84. The zero-order valence-corrected chi connectivity index (χ0v) is 17.4. The second-order valence-electron chi connectivity index (χ2n) is 7.32. The predicted octanol–water partition coefficient (Wildman–Crippen LogP) is 6.41. The normalized spacial score (nSPS) is 13.5. The molecular formula is C25H34O. The van der Waals surface area contributed by atoms with E-state index in [0.717, 1.165) is 36.8 Å². The molecule has 1 nitrogen and oxygen atoms in total. The molecule has 2 unspecified atom stereocenters. The highest BCUT2D eigenvalue weighted by Crippen LogP contribution is 2.29. The third kappa shape index (κ3) is 4.26. The minimum absolute atomic E-state index is 0.0721. The van der Waals surface area contributed by atoms with E-state index in [0.29, 0.717) is 5.78 Å². The number of ketones is 1. The van der Waals surface area contributed by atoms with Crippen LogP contribution in [-0.4, -0.2) is 5.78 Å². The first-order valence-corrected chi connectivity index (χ1v) is 10.2. The number of aryl methyl sites for hydroxylation is 4. The number of carbonyl (C=O) groups is 1. The van der Waals surface area contributed by atoms with Gasteiger partial charge in [0.15, 0.2) is 0 Å². The van der Waals surface area contributed by atoms with Gasteiger partial charge in [-0.2, -0.15) is 0 Å². The van der Waals surface area contributed by atoms with Gasteiger partial charge in [-0.05, 0) is 59.1 Å². The Morgan fingerprint density at radius 1 is 0.654 bits per heavy atom. The number of benzene rings is 2. The van der Waals surface area contributed by atoms with Crippen LogP contribution < -0.4 is 0 Å². The Hall–Kier alpha value is -1.89. The Labute approximate surface area is 159 Å². The monoisotopic (exact) mass is 350 g/mol. The van der Waals surface area contributed by atoms with Crippen LogP contribution in [0.25, 0.3) is 0 Å². The molecule has 2 aromatic carbocycles. The summed E-state index contributed by atoms with van der Waals surface area (Å²) in [4.78, 5) is 13.2. The molecule has 26 heavy (non-hydrogen) atoms. The predicted molar refractivity (Wildman–Crippen MR) is 112 cm³/mol. The summed E-state index contributed by atoms with van der Waals surface area (Å²) in [5.74, 6) is 0.164. The van der Waals surface area contributed by atoms with Crippen LogP contribution in [0.4, 0.5) is 0 Å². The molecule has 0 radical (unpaired) electrons. The quantitative estimate of drug-likeness (QED) is 0.537. The summed E-state index contributed by atoms with van der Waals surface area (Å²) >= 11 is 0. The molecular weight excluding hydrogens is 316 g/mol. The Morgan fingerprint density at radius 3 is 1.31 bits per heavy atom. The van der Waals surface area contributed by atoms with E-state index in [1.807, 2.05) is 0 Å². The van der Waals surface area contributed by atoms with Crippen LogP contribution in [0.5, 0.6) is 0 Å². The first-order chi connectivity index (χ1) is 12.5. The van der Waals surface area contributed by atoms with Crippen molar-refractivity contribution < 1.29 is 4.79 Å². The third-order valence-corrected chi connectivity index (χ3v) is 5.84. The first kappa shape index (κ1) is 20.4. The molecule has 0 amide bonds. The molecule has 0 aliphatic heterocycles. The Bertz CT molecular complexity index is 693. The van der Waals surface area contributed by atoms with Gasteiger partial charge in [0, 0.05) is 11.8 Å². The molecule has 2 atom stereocenters. The minimum Gasteiger partial charge on any atom is -0.298 e. The number of Topliss-reactive ketones (excluding diaryl/α,β-unsaturated/α-hetero) is 1. The van der Waals surface area contributed by atoms with Gasteiger partial charge in [0.1, 0.15) is 5.78 Å². The molecule has 0 bridgehead atoms. The van der Waals surface area contributed by atoms with Crippen molar-refractivity contribution in [2.45, 2.75) is 79.1 Å². The highest BCUT2D eigenvalue weighted by Gasteiger charge is 2.23. The second-order valence-corrected chi connectivity index (χ2v) is 7.32. The summed E-state index contributed by atoms with van der Waals surface area (Å²) in [5.41, 5.74) is 7.84. The maximum atomic E-state index is 13.2. The van der Waals surface area contributed by atoms with Crippen LogP contribution in [-0.2, 0) is 30.5 Å². The zero-order chi connectivity index (χ0) is 19.3. The lowest BCUT2D eigenvalue weighted by atomic mass is 9.83. The summed E-state index contributed by atoms with van der Waals surface area (Å²) in [5, 5.41) is 0. The highest BCUT2D eigenvalue weighted by molar-refractivity contribution is 5.91. The van der Waals surface area contributed by atoms with Crippen molar-refractivity contribution >= 4 is 5.78 Å². The lowest BCUT2D eigenvalue weighted by molar-refractivity contribution is -0.121. The SMILES string of the molecule is CCc1ccc(C(C)C(=O)C(C)c2ccc(CC)c(CC)c2)cc1CC. The van der Waals surface area contributed by atoms with E-state index in [1.54, 1.807) is 0 Å². The van der Waals surface area contributed by atoms with Crippen molar-refractivity contribution in [3.8, 4) is 0 Å². The second kappa shape index (κ2) is 9.16. The van der Waals surface area contributed by atoms with Crippen molar-refractivity contribution in [3.05, 3.63) is 69.8 Å². The molecule has 0 N–H and O–H groups in total. The van der Waals surface area contributed by atoms with E-state index in [1.165, 1.54) is 22.3 Å². The minimum atomic E-state index is -0.0721. The standard InChI is InChI=1S/C25H34O/c1-7-19-11-13-23(15-21(19)9-3)17(5)25(26)18(6)24-14-12-20(8-2)22(10-4)16-24/h11-18H,7-10H2,1-6H3. The Kier molecular flexibility index (Phi) is 7.20. The molecule has 2 aromatic rings. The fourth-order valence-electron chi connectivity index (χ4n) is 3.88. The Morgan fingerprint density at radius 2 is 1.00 bits per heavy atom. The maximum absolute atomic E-state index is 13.2. The molecule has 1 heteroatoms. The summed E-state index contributed by atoms with van der Waals surface area (Å²) in [6.45, 7) is 12.9.